The number of carbonyl (C=O) groups is 1. The van der Waals surface area contributed by atoms with E-state index >= 15 is 0 Å². The number of fused-ring (bicyclic) bond motifs is 1. The number of ether oxygens (including phenoxy) is 2. The molecule has 5 atom stereocenters. The number of nitrogens with zero attached hydrogens (tertiary/aromatic N) is 3. The van der Waals surface area contributed by atoms with Crippen molar-refractivity contribution in [2.45, 2.75) is 75.9 Å². The predicted molar refractivity (Wildman–Crippen MR) is 184 cm³/mol. The number of methoxy groups -OCH3 is 1. The van der Waals surface area contributed by atoms with Crippen molar-refractivity contribution >= 4 is 29.9 Å². The summed E-state index contributed by atoms with van der Waals surface area (Å²) in [4.78, 5) is 28.5. The van der Waals surface area contributed by atoms with Crippen LogP contribution in [0, 0.1) is 5.92 Å². The summed E-state index contributed by atoms with van der Waals surface area (Å²) in [6.45, 7) is 7.80. The van der Waals surface area contributed by atoms with Gasteiger partial charge in [-0.2, -0.15) is 9.78 Å². The first-order chi connectivity index (χ1) is 22.2. The van der Waals surface area contributed by atoms with Crippen LogP contribution >= 0.6 is 0 Å². The molecular weight excluding hydrogens is 595 g/mol. The van der Waals surface area contributed by atoms with Gasteiger partial charge in [0.05, 0.1) is 63.7 Å². The molecule has 8 nitrogen and oxygen atoms in total. The maximum Gasteiger partial charge on any atom is 0.279 e. The van der Waals surface area contributed by atoms with Crippen molar-refractivity contribution in [3.8, 4) is 11.4 Å². The lowest BCUT2D eigenvalue weighted by Gasteiger charge is -2.36. The lowest BCUT2D eigenvalue weighted by Crippen LogP contribution is -2.51. The largest absolute Gasteiger partial charge is 0.497 e. The molecule has 1 aromatic heterocycles. The number of benzene rings is 3. The normalized spacial score (nSPS) is 23.2. The van der Waals surface area contributed by atoms with Gasteiger partial charge in [0, 0.05) is 11.9 Å². The van der Waals surface area contributed by atoms with Gasteiger partial charge >= 0.3 is 0 Å². The molecule has 0 unspecified atom stereocenters. The van der Waals surface area contributed by atoms with Crippen LogP contribution in [0.5, 0.6) is 5.75 Å². The molecule has 4 aromatic rings. The fourth-order valence-electron chi connectivity index (χ4n) is 7.87. The monoisotopic (exact) mass is 639 g/mol. The lowest BCUT2D eigenvalue weighted by atomic mass is 9.95. The quantitative estimate of drug-likeness (QED) is 0.243. The van der Waals surface area contributed by atoms with E-state index in [0.717, 1.165) is 42.5 Å². The standard InChI is InChI=1S/C37H45N3O5Si/c1-25-33(20-13-26-11-14-28(15-12-26)40-37(43)32-10-6-5-8-27(32)23-38-40)45-34(22-35(42)39-21-7-9-29(39)24-41)36(25)46(3,4)31-18-16-30(44-2)17-19-31/h5-6,8,10-12,14-19,23,25,29,33-34,36,41H,7,9,13,20-22,24H2,1-4H3/t25-,29+,33+,34-,36+/m1/s1. The molecule has 2 aliphatic heterocycles. The van der Waals surface area contributed by atoms with E-state index in [2.05, 4.69) is 49.4 Å². The molecule has 0 bridgehead atoms. The Labute approximate surface area is 272 Å². The second-order valence-electron chi connectivity index (χ2n) is 13.5. The Morgan fingerprint density at radius 2 is 1.78 bits per heavy atom. The van der Waals surface area contributed by atoms with Gasteiger partial charge in [-0.15, -0.1) is 0 Å². The molecule has 0 aliphatic carbocycles. The summed E-state index contributed by atoms with van der Waals surface area (Å²) in [5.41, 5.74) is 2.02. The second kappa shape index (κ2) is 13.5. The van der Waals surface area contributed by atoms with Crippen LogP contribution in [0.3, 0.4) is 0 Å². The van der Waals surface area contributed by atoms with Gasteiger partial charge in [0.25, 0.3) is 5.56 Å². The highest BCUT2D eigenvalue weighted by Gasteiger charge is 2.51. The molecule has 2 aliphatic rings. The smallest absolute Gasteiger partial charge is 0.279 e. The number of hydrogen-bond acceptors (Lipinski definition) is 6. The van der Waals surface area contributed by atoms with E-state index < -0.39 is 8.07 Å². The van der Waals surface area contributed by atoms with Gasteiger partial charge in [-0.05, 0) is 73.0 Å². The van der Waals surface area contributed by atoms with E-state index in [4.69, 9.17) is 9.47 Å². The molecule has 2 saturated heterocycles. The Balaban J connectivity index is 1.20. The molecule has 1 amide bonds. The summed E-state index contributed by atoms with van der Waals surface area (Å²) >= 11 is 0. The Morgan fingerprint density at radius 3 is 2.50 bits per heavy atom. The molecule has 0 spiro atoms. The number of carbonyl (C=O) groups excluding carboxylic acids is 1. The van der Waals surface area contributed by atoms with Crippen molar-refractivity contribution in [3.63, 3.8) is 0 Å². The van der Waals surface area contributed by atoms with E-state index in [1.54, 1.807) is 13.3 Å². The molecule has 3 aromatic carbocycles. The fourth-order valence-corrected chi connectivity index (χ4v) is 11.9. The van der Waals surface area contributed by atoms with Gasteiger partial charge in [0.1, 0.15) is 5.75 Å². The van der Waals surface area contributed by atoms with Crippen molar-refractivity contribution in [2.75, 3.05) is 20.3 Å². The number of rotatable bonds is 10. The van der Waals surface area contributed by atoms with Crippen LogP contribution in [0.1, 0.15) is 38.2 Å². The van der Waals surface area contributed by atoms with E-state index in [-0.39, 0.29) is 47.8 Å². The zero-order valence-electron chi connectivity index (χ0n) is 27.3. The van der Waals surface area contributed by atoms with Crippen molar-refractivity contribution in [1.29, 1.82) is 0 Å². The summed E-state index contributed by atoms with van der Waals surface area (Å²) in [5.74, 6) is 1.20. The van der Waals surface area contributed by atoms with Crippen LogP contribution in [0.25, 0.3) is 16.5 Å². The van der Waals surface area contributed by atoms with E-state index in [1.807, 2.05) is 53.4 Å². The number of hydrogen-bond donors (Lipinski definition) is 1. The van der Waals surface area contributed by atoms with E-state index in [0.29, 0.717) is 18.4 Å². The highest BCUT2D eigenvalue weighted by atomic mass is 28.3. The summed E-state index contributed by atoms with van der Waals surface area (Å²) in [6, 6.07) is 23.9. The molecule has 242 valence electrons. The molecule has 0 saturated carbocycles. The van der Waals surface area contributed by atoms with Gasteiger partial charge in [0.15, 0.2) is 0 Å². The van der Waals surface area contributed by atoms with Gasteiger partial charge in [-0.1, -0.05) is 67.7 Å². The van der Waals surface area contributed by atoms with Gasteiger partial charge in [0.2, 0.25) is 5.91 Å². The minimum Gasteiger partial charge on any atom is -0.497 e. The Morgan fingerprint density at radius 1 is 1.04 bits per heavy atom. The van der Waals surface area contributed by atoms with Crippen molar-refractivity contribution < 1.29 is 19.4 Å². The third-order valence-electron chi connectivity index (χ3n) is 10.4. The van der Waals surface area contributed by atoms with Crippen LogP contribution < -0.4 is 15.5 Å². The average molecular weight is 640 g/mol. The Hall–Kier alpha value is -3.79. The number of aromatic nitrogens is 2. The number of likely N-dealkylation sites (tertiary alicyclic amines) is 1. The first-order valence-electron chi connectivity index (χ1n) is 16.5. The second-order valence-corrected chi connectivity index (χ2v) is 18.2. The molecular formula is C37H45N3O5Si. The highest BCUT2D eigenvalue weighted by molar-refractivity contribution is 6.91. The summed E-state index contributed by atoms with van der Waals surface area (Å²) in [7, 11) is -0.417. The van der Waals surface area contributed by atoms with Crippen LogP contribution in [0.15, 0.2) is 83.8 Å². The highest BCUT2D eigenvalue weighted by Crippen LogP contribution is 2.46. The average Bonchev–Trinajstić information content (AvgIpc) is 3.68. The minimum absolute atomic E-state index is 0.0101. The number of amides is 1. The third-order valence-corrected chi connectivity index (χ3v) is 14.8. The SMILES string of the molecule is COc1ccc([Si](C)(C)[C@H]2[C@H](C)[C@H](CCc3ccc(-n4ncc5ccccc5c4=O)cc3)O[C@@H]2CC(=O)N2CCC[C@H]2CO)cc1. The van der Waals surface area contributed by atoms with Crippen LogP contribution in [0.2, 0.25) is 18.6 Å². The van der Waals surface area contributed by atoms with Crippen LogP contribution in [-0.2, 0) is 16.0 Å². The summed E-state index contributed by atoms with van der Waals surface area (Å²) in [6.07, 6.45) is 5.36. The maximum absolute atomic E-state index is 13.6. The Bertz CT molecular complexity index is 1720. The van der Waals surface area contributed by atoms with Crippen LogP contribution in [-0.4, -0.2) is 72.3 Å². The zero-order valence-corrected chi connectivity index (χ0v) is 28.3. The van der Waals surface area contributed by atoms with Crippen molar-refractivity contribution in [1.82, 2.24) is 14.7 Å². The molecule has 46 heavy (non-hydrogen) atoms. The topological polar surface area (TPSA) is 93.9 Å². The molecule has 2 fully saturated rings. The van der Waals surface area contributed by atoms with Crippen molar-refractivity contribution in [2.24, 2.45) is 5.92 Å². The molecule has 6 rings (SSSR count). The first kappa shape index (κ1) is 32.2. The summed E-state index contributed by atoms with van der Waals surface area (Å²) < 4.78 is 13.7. The number of aliphatic hydroxyl groups excluding tert-OH is 1. The molecule has 3 heterocycles. The van der Waals surface area contributed by atoms with Gasteiger partial charge in [-0.3, -0.25) is 9.59 Å². The fraction of sp³-hybridized carbons (Fsp3) is 0.432. The molecule has 9 heteroatoms. The predicted octanol–water partition coefficient (Wildman–Crippen LogP) is 5.09. The van der Waals surface area contributed by atoms with E-state index in [1.165, 1.54) is 15.4 Å². The first-order valence-corrected chi connectivity index (χ1v) is 19.6. The van der Waals surface area contributed by atoms with Gasteiger partial charge < -0.3 is 19.5 Å². The number of aliphatic hydroxyl groups is 1. The third kappa shape index (κ3) is 6.28. The van der Waals surface area contributed by atoms with E-state index in [9.17, 15) is 14.7 Å². The molecule has 1 N–H and O–H groups in total. The maximum atomic E-state index is 13.6. The van der Waals surface area contributed by atoms with Crippen LogP contribution in [0.4, 0.5) is 0 Å². The summed E-state index contributed by atoms with van der Waals surface area (Å²) in [5, 5.41) is 17.1. The molecule has 0 radical (unpaired) electrons. The zero-order chi connectivity index (χ0) is 32.4. The van der Waals surface area contributed by atoms with Crippen molar-refractivity contribution in [3.05, 3.63) is 94.9 Å². The Kier molecular flexibility index (Phi) is 9.45. The minimum atomic E-state index is -2.10. The lowest BCUT2D eigenvalue weighted by molar-refractivity contribution is -0.135. The van der Waals surface area contributed by atoms with Gasteiger partial charge in [-0.25, -0.2) is 0 Å². The number of aryl methyl sites for hydroxylation is 1.